The third-order valence-electron chi connectivity index (χ3n) is 11.3. The number of hydrogen-bond donors (Lipinski definition) is 1. The van der Waals surface area contributed by atoms with Gasteiger partial charge in [-0.3, -0.25) is 0 Å². The first-order chi connectivity index (χ1) is 23.6. The first kappa shape index (κ1) is 29.3. The number of nitrogens with one attached hydrogen (secondary N) is 1. The minimum atomic E-state index is 0.175. The van der Waals surface area contributed by atoms with Gasteiger partial charge >= 0.3 is 0 Å². The molecule has 0 bridgehead atoms. The molecule has 5 aliphatic rings. The summed E-state index contributed by atoms with van der Waals surface area (Å²) in [5.74, 6) is 1.63. The Kier molecular flexibility index (Phi) is 7.30. The van der Waals surface area contributed by atoms with E-state index >= 15 is 0 Å². The fourth-order valence-corrected chi connectivity index (χ4v) is 8.85. The number of rotatable bonds is 4. The van der Waals surface area contributed by atoms with E-state index < -0.39 is 0 Å². The number of hydrogen-bond acceptors (Lipinski definition) is 1. The van der Waals surface area contributed by atoms with E-state index in [0.29, 0.717) is 17.8 Å². The molecule has 0 fully saturated rings. The van der Waals surface area contributed by atoms with Crippen molar-refractivity contribution < 1.29 is 0 Å². The molecule has 1 heteroatoms. The molecule has 4 aliphatic carbocycles. The van der Waals surface area contributed by atoms with Gasteiger partial charge < -0.3 is 5.32 Å². The molecule has 1 heterocycles. The fourth-order valence-electron chi connectivity index (χ4n) is 8.85. The minimum Gasteiger partial charge on any atom is -0.375 e. The molecule has 48 heavy (non-hydrogen) atoms. The second kappa shape index (κ2) is 12.0. The summed E-state index contributed by atoms with van der Waals surface area (Å²) in [5, 5.41) is 9.29. The third-order valence-corrected chi connectivity index (χ3v) is 11.3. The smallest absolute Gasteiger partial charge is 0.0664 e. The van der Waals surface area contributed by atoms with Crippen molar-refractivity contribution in [2.45, 2.75) is 57.9 Å². The van der Waals surface area contributed by atoms with Gasteiger partial charge in [-0.2, -0.15) is 0 Å². The van der Waals surface area contributed by atoms with Crippen LogP contribution in [0.3, 0.4) is 0 Å². The zero-order chi connectivity index (χ0) is 32.2. The van der Waals surface area contributed by atoms with Crippen molar-refractivity contribution in [3.8, 4) is 11.1 Å². The van der Waals surface area contributed by atoms with Gasteiger partial charge in [0.25, 0.3) is 0 Å². The molecule has 1 aliphatic heterocycles. The van der Waals surface area contributed by atoms with Crippen molar-refractivity contribution in [3.63, 3.8) is 0 Å². The van der Waals surface area contributed by atoms with Crippen molar-refractivity contribution in [1.29, 1.82) is 0 Å². The molecular weight excluding hydrogens is 579 g/mol. The Morgan fingerprint density at radius 2 is 1.60 bits per heavy atom. The van der Waals surface area contributed by atoms with Gasteiger partial charge in [-0.15, -0.1) is 0 Å². The second-order valence-electron chi connectivity index (χ2n) is 14.6. The summed E-state index contributed by atoms with van der Waals surface area (Å²) >= 11 is 0. The van der Waals surface area contributed by atoms with Crippen molar-refractivity contribution in [2.75, 3.05) is 0 Å². The maximum Gasteiger partial charge on any atom is 0.0664 e. The molecule has 4 atom stereocenters. The highest BCUT2D eigenvalue weighted by atomic mass is 14.9. The summed E-state index contributed by atoms with van der Waals surface area (Å²) in [6, 6.07) is 25.3. The van der Waals surface area contributed by atoms with Crippen LogP contribution >= 0.6 is 0 Å². The fraction of sp³-hybridized carbons (Fsp3) is 0.234. The lowest BCUT2D eigenvalue weighted by Gasteiger charge is -2.35. The number of benzene rings is 4. The molecule has 0 amide bonds. The predicted molar refractivity (Wildman–Crippen MR) is 206 cm³/mol. The van der Waals surface area contributed by atoms with Gasteiger partial charge in [0, 0.05) is 5.70 Å². The van der Waals surface area contributed by atoms with Gasteiger partial charge in [0.05, 0.1) is 6.04 Å². The number of allylic oxidation sites excluding steroid dienone is 11. The summed E-state index contributed by atoms with van der Waals surface area (Å²) in [7, 11) is 0. The van der Waals surface area contributed by atoms with Crippen LogP contribution in [0.4, 0.5) is 0 Å². The topological polar surface area (TPSA) is 12.0 Å². The molecule has 9 rings (SSSR count). The summed E-state index contributed by atoms with van der Waals surface area (Å²) < 4.78 is 0. The Bertz CT molecular complexity index is 2220. The van der Waals surface area contributed by atoms with Crippen molar-refractivity contribution in [2.24, 2.45) is 11.8 Å². The minimum absolute atomic E-state index is 0.175. The molecule has 0 spiro atoms. The highest BCUT2D eigenvalue weighted by molar-refractivity contribution is 6.09. The molecule has 236 valence electrons. The number of dihydropyridines is 1. The molecule has 4 unspecified atom stereocenters. The van der Waals surface area contributed by atoms with E-state index in [4.69, 9.17) is 0 Å². The molecule has 0 aromatic heterocycles. The van der Waals surface area contributed by atoms with Crippen LogP contribution < -0.4 is 5.32 Å². The second-order valence-corrected chi connectivity index (χ2v) is 14.6. The summed E-state index contributed by atoms with van der Waals surface area (Å²) in [6.45, 7) is 4.75. The van der Waals surface area contributed by atoms with Gasteiger partial charge in [0.15, 0.2) is 0 Å². The van der Waals surface area contributed by atoms with Crippen LogP contribution in [0.2, 0.25) is 0 Å². The van der Waals surface area contributed by atoms with Gasteiger partial charge in [0.1, 0.15) is 0 Å². The normalized spacial score (nSPS) is 24.6. The highest BCUT2D eigenvalue weighted by Crippen LogP contribution is 2.50. The van der Waals surface area contributed by atoms with Crippen LogP contribution in [0.25, 0.3) is 44.3 Å². The SMILES string of the molecule is CC1C=CC(C2=CC=CC(C3=Cc4c(c(-c5ccc6ccccc6c5)c5ccccc5c4C4=CC5=CC=CCC5CC4)C(C)C3)N2)=CC1. The zero-order valence-electron chi connectivity index (χ0n) is 28.0. The van der Waals surface area contributed by atoms with E-state index in [1.165, 1.54) is 83.8 Å². The molecule has 0 saturated heterocycles. The molecular formula is C47H43N. The Balaban J connectivity index is 1.25. The van der Waals surface area contributed by atoms with E-state index in [1.54, 1.807) is 0 Å². The maximum atomic E-state index is 3.95. The molecule has 4 aromatic rings. The standard InChI is InChI=1S/C47H43N/c1-30-18-20-34(21-19-30)43-16-9-17-44(48-43)39-26-31(2)45-42(29-39)46(37-24-22-32-10-3-5-12-35(32)27-37)40-14-7-8-15-41(40)47(45)38-25-23-33-11-4-6-13-36(33)28-38/h3-9,11-18,20-21,23,25,27-32,44,48H,10,19,22,24,26H2,1-2H3. The average Bonchev–Trinajstić information content (AvgIpc) is 3.14. The van der Waals surface area contributed by atoms with Gasteiger partial charge in [-0.05, 0) is 134 Å². The van der Waals surface area contributed by atoms with Crippen LogP contribution in [-0.2, 0) is 0 Å². The van der Waals surface area contributed by atoms with Crippen LogP contribution in [0, 0.1) is 11.8 Å². The van der Waals surface area contributed by atoms with Gasteiger partial charge in [-0.25, -0.2) is 0 Å². The van der Waals surface area contributed by atoms with Gasteiger partial charge in [0.2, 0.25) is 0 Å². The lowest BCUT2D eigenvalue weighted by atomic mass is 9.71. The largest absolute Gasteiger partial charge is 0.375 e. The number of fused-ring (bicyclic) bond motifs is 4. The Morgan fingerprint density at radius 3 is 2.46 bits per heavy atom. The van der Waals surface area contributed by atoms with E-state index in [-0.39, 0.29) is 6.04 Å². The predicted octanol–water partition coefficient (Wildman–Crippen LogP) is 12.2. The highest BCUT2D eigenvalue weighted by Gasteiger charge is 2.32. The lowest BCUT2D eigenvalue weighted by Crippen LogP contribution is -2.32. The average molecular weight is 622 g/mol. The lowest BCUT2D eigenvalue weighted by molar-refractivity contribution is 0.572. The van der Waals surface area contributed by atoms with Gasteiger partial charge in [-0.1, -0.05) is 135 Å². The first-order valence-corrected chi connectivity index (χ1v) is 18.0. The van der Waals surface area contributed by atoms with E-state index in [2.05, 4.69) is 153 Å². The van der Waals surface area contributed by atoms with Crippen LogP contribution in [0.1, 0.15) is 68.6 Å². The maximum absolute atomic E-state index is 3.95. The summed E-state index contributed by atoms with van der Waals surface area (Å²) in [6.07, 6.45) is 31.6. The van der Waals surface area contributed by atoms with E-state index in [1.807, 2.05) is 0 Å². The summed E-state index contributed by atoms with van der Waals surface area (Å²) in [4.78, 5) is 0. The molecule has 0 saturated carbocycles. The summed E-state index contributed by atoms with van der Waals surface area (Å²) in [5.41, 5.74) is 14.1. The molecule has 0 radical (unpaired) electrons. The van der Waals surface area contributed by atoms with Crippen molar-refractivity contribution in [1.82, 2.24) is 5.32 Å². The van der Waals surface area contributed by atoms with Crippen LogP contribution in [-0.4, -0.2) is 6.04 Å². The Labute approximate surface area is 285 Å². The zero-order valence-corrected chi connectivity index (χ0v) is 28.0. The monoisotopic (exact) mass is 621 g/mol. The van der Waals surface area contributed by atoms with Crippen LogP contribution in [0.5, 0.6) is 0 Å². The molecule has 1 N–H and O–H groups in total. The van der Waals surface area contributed by atoms with E-state index in [9.17, 15) is 0 Å². The molecule has 1 nitrogen and oxygen atoms in total. The first-order valence-electron chi connectivity index (χ1n) is 18.0. The van der Waals surface area contributed by atoms with Crippen molar-refractivity contribution >= 4 is 33.2 Å². The third kappa shape index (κ3) is 5.08. The van der Waals surface area contributed by atoms with Crippen molar-refractivity contribution in [3.05, 3.63) is 167 Å². The Morgan fingerprint density at radius 1 is 0.771 bits per heavy atom. The quantitative estimate of drug-likeness (QED) is 0.239. The Hall–Kier alpha value is -4.88. The van der Waals surface area contributed by atoms with E-state index in [0.717, 1.165) is 25.7 Å². The van der Waals surface area contributed by atoms with Crippen LogP contribution in [0.15, 0.2) is 150 Å². The molecule has 4 aromatic carbocycles.